The van der Waals surface area contributed by atoms with Crippen molar-refractivity contribution in [1.29, 1.82) is 0 Å². The van der Waals surface area contributed by atoms with Crippen molar-refractivity contribution in [3.05, 3.63) is 33.4 Å². The first-order chi connectivity index (χ1) is 8.68. The summed E-state index contributed by atoms with van der Waals surface area (Å²) in [6, 6.07) is 1.34. The zero-order valence-corrected chi connectivity index (χ0v) is 10.1. The Morgan fingerprint density at radius 1 is 1.42 bits per heavy atom. The van der Waals surface area contributed by atoms with Crippen LogP contribution in [0.15, 0.2) is 12.1 Å². The fraction of sp³-hybridized carbons (Fsp3) is 0.364. The van der Waals surface area contributed by atoms with Crippen LogP contribution in [0.25, 0.3) is 0 Å². The first kappa shape index (κ1) is 14.9. The van der Waals surface area contributed by atoms with Crippen molar-refractivity contribution in [3.8, 4) is 5.75 Å². The molecule has 0 amide bonds. The Bertz CT molecular complexity index is 525. The van der Waals surface area contributed by atoms with Gasteiger partial charge in [-0.2, -0.15) is 13.2 Å². The molecular weight excluding hydrogens is 267 g/mol. The standard InChI is InChI=1S/C11H10F3NO4/c1-3-19-10-8(11(12,13)14)4-7(6(2)16)5-9(10)15(17)18/h4-5H,3H2,1-2H3. The number of rotatable bonds is 4. The van der Waals surface area contributed by atoms with E-state index in [0.29, 0.717) is 6.07 Å². The summed E-state index contributed by atoms with van der Waals surface area (Å²) in [4.78, 5) is 20.9. The van der Waals surface area contributed by atoms with Crippen molar-refractivity contribution in [1.82, 2.24) is 0 Å². The topological polar surface area (TPSA) is 69.4 Å². The number of nitro benzene ring substituents is 1. The predicted molar refractivity (Wildman–Crippen MR) is 59.3 cm³/mol. The minimum Gasteiger partial charge on any atom is -0.487 e. The van der Waals surface area contributed by atoms with E-state index in [2.05, 4.69) is 0 Å². The number of nitrogens with zero attached hydrogens (tertiary/aromatic N) is 1. The summed E-state index contributed by atoms with van der Waals surface area (Å²) in [6.45, 7) is 2.27. The van der Waals surface area contributed by atoms with Gasteiger partial charge in [0.2, 0.25) is 5.75 Å². The predicted octanol–water partition coefficient (Wildman–Crippen LogP) is 3.21. The molecule has 8 heteroatoms. The van der Waals surface area contributed by atoms with Crippen molar-refractivity contribution in [3.63, 3.8) is 0 Å². The molecule has 5 nitrogen and oxygen atoms in total. The maximum atomic E-state index is 12.8. The van der Waals surface area contributed by atoms with E-state index < -0.39 is 33.9 Å². The number of carbonyl (C=O) groups is 1. The van der Waals surface area contributed by atoms with Gasteiger partial charge in [0, 0.05) is 11.6 Å². The lowest BCUT2D eigenvalue weighted by Gasteiger charge is -2.14. The fourth-order valence-corrected chi connectivity index (χ4v) is 1.46. The molecule has 0 fully saturated rings. The summed E-state index contributed by atoms with van der Waals surface area (Å²) >= 11 is 0. The van der Waals surface area contributed by atoms with E-state index in [-0.39, 0.29) is 12.2 Å². The Morgan fingerprint density at radius 2 is 2.00 bits per heavy atom. The second-order valence-electron chi connectivity index (χ2n) is 3.62. The maximum Gasteiger partial charge on any atom is 0.420 e. The number of alkyl halides is 3. The van der Waals surface area contributed by atoms with Gasteiger partial charge in [-0.1, -0.05) is 0 Å². The minimum atomic E-state index is -4.85. The molecule has 0 atom stereocenters. The van der Waals surface area contributed by atoms with E-state index >= 15 is 0 Å². The fourth-order valence-electron chi connectivity index (χ4n) is 1.46. The van der Waals surface area contributed by atoms with Crippen LogP contribution in [0.1, 0.15) is 29.8 Å². The number of ether oxygens (including phenoxy) is 1. The number of hydrogen-bond donors (Lipinski definition) is 0. The summed E-state index contributed by atoms with van der Waals surface area (Å²) in [5, 5.41) is 10.8. The molecule has 0 aliphatic heterocycles. The summed E-state index contributed by atoms with van der Waals surface area (Å²) in [5.74, 6) is -1.57. The van der Waals surface area contributed by atoms with Crippen molar-refractivity contribution in [2.24, 2.45) is 0 Å². The van der Waals surface area contributed by atoms with Crippen molar-refractivity contribution >= 4 is 11.5 Å². The van der Waals surface area contributed by atoms with E-state index in [4.69, 9.17) is 4.74 Å². The lowest BCUT2D eigenvalue weighted by Crippen LogP contribution is -2.12. The molecule has 0 spiro atoms. The second-order valence-corrected chi connectivity index (χ2v) is 3.62. The monoisotopic (exact) mass is 277 g/mol. The number of benzene rings is 1. The van der Waals surface area contributed by atoms with Crippen LogP contribution >= 0.6 is 0 Å². The highest BCUT2D eigenvalue weighted by molar-refractivity contribution is 5.95. The summed E-state index contributed by atoms with van der Waals surface area (Å²) < 4.78 is 43.3. The van der Waals surface area contributed by atoms with Gasteiger partial charge in [0.25, 0.3) is 0 Å². The van der Waals surface area contributed by atoms with Gasteiger partial charge in [-0.05, 0) is 19.9 Å². The van der Waals surface area contributed by atoms with E-state index in [9.17, 15) is 28.1 Å². The Balaban J connectivity index is 3.65. The number of nitro groups is 1. The number of carbonyl (C=O) groups excluding carboxylic acids is 1. The van der Waals surface area contributed by atoms with Gasteiger partial charge in [-0.3, -0.25) is 14.9 Å². The molecule has 1 aromatic rings. The Morgan fingerprint density at radius 3 is 2.37 bits per heavy atom. The van der Waals surface area contributed by atoms with Gasteiger partial charge in [0.15, 0.2) is 5.78 Å². The van der Waals surface area contributed by atoms with Crippen LogP contribution in [-0.4, -0.2) is 17.3 Å². The quantitative estimate of drug-likeness (QED) is 0.481. The van der Waals surface area contributed by atoms with Crippen LogP contribution in [0.4, 0.5) is 18.9 Å². The summed E-state index contributed by atoms with van der Waals surface area (Å²) in [5.41, 5.74) is -2.59. The zero-order chi connectivity index (χ0) is 14.8. The van der Waals surface area contributed by atoms with Gasteiger partial charge in [-0.15, -0.1) is 0 Å². The van der Waals surface area contributed by atoms with Gasteiger partial charge in [0.05, 0.1) is 11.5 Å². The van der Waals surface area contributed by atoms with Crippen molar-refractivity contribution in [2.75, 3.05) is 6.61 Å². The van der Waals surface area contributed by atoms with Gasteiger partial charge >= 0.3 is 11.9 Å². The number of ketones is 1. The highest BCUT2D eigenvalue weighted by Crippen LogP contribution is 2.42. The highest BCUT2D eigenvalue weighted by Gasteiger charge is 2.39. The third kappa shape index (κ3) is 3.21. The third-order valence-electron chi connectivity index (χ3n) is 2.27. The SMILES string of the molecule is CCOc1c([N+](=O)[O-])cc(C(C)=O)cc1C(F)(F)F. The van der Waals surface area contributed by atoms with Crippen LogP contribution < -0.4 is 4.74 Å². The second kappa shape index (κ2) is 5.25. The van der Waals surface area contributed by atoms with Gasteiger partial charge in [0.1, 0.15) is 5.56 Å². The molecule has 1 aromatic carbocycles. The number of Topliss-reactive ketones (excluding diaryl/α,β-unsaturated/α-hetero) is 1. The first-order valence-electron chi connectivity index (χ1n) is 5.21. The van der Waals surface area contributed by atoms with E-state index in [0.717, 1.165) is 13.0 Å². The molecule has 1 rings (SSSR count). The van der Waals surface area contributed by atoms with Gasteiger partial charge in [-0.25, -0.2) is 0 Å². The molecule has 0 radical (unpaired) electrons. The third-order valence-corrected chi connectivity index (χ3v) is 2.27. The molecule has 0 N–H and O–H groups in total. The average molecular weight is 277 g/mol. The average Bonchev–Trinajstić information content (AvgIpc) is 2.27. The van der Waals surface area contributed by atoms with Crippen LogP contribution in [0.2, 0.25) is 0 Å². The smallest absolute Gasteiger partial charge is 0.420 e. The summed E-state index contributed by atoms with van der Waals surface area (Å²) in [7, 11) is 0. The molecule has 0 aromatic heterocycles. The molecule has 0 aliphatic rings. The molecule has 0 bridgehead atoms. The normalized spacial score (nSPS) is 11.2. The van der Waals surface area contributed by atoms with Crippen LogP contribution in [-0.2, 0) is 6.18 Å². The molecule has 0 heterocycles. The largest absolute Gasteiger partial charge is 0.487 e. The van der Waals surface area contributed by atoms with E-state index in [1.165, 1.54) is 6.92 Å². The molecule has 0 aliphatic carbocycles. The van der Waals surface area contributed by atoms with Gasteiger partial charge < -0.3 is 4.74 Å². The Labute approximate surface area is 106 Å². The lowest BCUT2D eigenvalue weighted by atomic mass is 10.0. The minimum absolute atomic E-state index is 0.163. The van der Waals surface area contributed by atoms with Crippen LogP contribution in [0, 0.1) is 10.1 Å². The molecule has 104 valence electrons. The number of halogens is 3. The molecule has 0 saturated carbocycles. The molecule has 19 heavy (non-hydrogen) atoms. The molecule has 0 unspecified atom stereocenters. The van der Waals surface area contributed by atoms with Crippen LogP contribution in [0.3, 0.4) is 0 Å². The number of hydrogen-bond acceptors (Lipinski definition) is 4. The molecular formula is C11H10F3NO4. The Hall–Kier alpha value is -2.12. The summed E-state index contributed by atoms with van der Waals surface area (Å²) in [6.07, 6.45) is -4.85. The van der Waals surface area contributed by atoms with E-state index in [1.54, 1.807) is 0 Å². The van der Waals surface area contributed by atoms with Crippen molar-refractivity contribution < 1.29 is 27.6 Å². The first-order valence-corrected chi connectivity index (χ1v) is 5.21. The highest BCUT2D eigenvalue weighted by atomic mass is 19.4. The van der Waals surface area contributed by atoms with E-state index in [1.807, 2.05) is 0 Å². The van der Waals surface area contributed by atoms with Crippen LogP contribution in [0.5, 0.6) is 5.75 Å². The molecule has 0 saturated heterocycles. The zero-order valence-electron chi connectivity index (χ0n) is 10.1. The van der Waals surface area contributed by atoms with Crippen molar-refractivity contribution in [2.45, 2.75) is 20.0 Å². The Kier molecular flexibility index (Phi) is 4.13. The lowest BCUT2D eigenvalue weighted by molar-refractivity contribution is -0.386. The maximum absolute atomic E-state index is 12.8.